The van der Waals surface area contributed by atoms with Crippen LogP contribution in [-0.2, 0) is 24.2 Å². The number of carboxylic acid groups (broad SMARTS) is 1. The molecule has 3 rings (SSSR count). The Bertz CT molecular complexity index is 811. The molecule has 0 radical (unpaired) electrons. The summed E-state index contributed by atoms with van der Waals surface area (Å²) in [7, 11) is 0. The Morgan fingerprint density at radius 1 is 1.35 bits per heavy atom. The average Bonchev–Trinajstić information content (AvgIpc) is 2.98. The predicted molar refractivity (Wildman–Crippen MR) is 86.9 cm³/mol. The van der Waals surface area contributed by atoms with Gasteiger partial charge in [-0.1, -0.05) is 6.07 Å². The maximum atomic E-state index is 11.3. The molecule has 0 amide bonds. The Labute approximate surface area is 147 Å². The quantitative estimate of drug-likeness (QED) is 0.770. The standard InChI is InChI=1S/C15H18N2O2.C2HF3O2/c1-10-2-5-13(19-10)9-16-12-4-6-14-11(8-12)3-7-15(18)17-14;3-2(4,5)1(6)7/h2-3,5,7,12,16H,4,6,8-9H2,1H3,(H,17,18);(H,6,7). The molecule has 0 saturated heterocycles. The third-order valence-electron chi connectivity index (χ3n) is 3.91. The first kappa shape index (κ1) is 19.8. The van der Waals surface area contributed by atoms with Crippen LogP contribution in [0.1, 0.15) is 29.2 Å². The number of rotatable bonds is 3. The third-order valence-corrected chi connectivity index (χ3v) is 3.91. The van der Waals surface area contributed by atoms with Crippen LogP contribution in [0.25, 0.3) is 0 Å². The van der Waals surface area contributed by atoms with E-state index in [0.717, 1.165) is 43.0 Å². The molecule has 2 aromatic heterocycles. The lowest BCUT2D eigenvalue weighted by molar-refractivity contribution is -0.192. The second-order valence-electron chi connectivity index (χ2n) is 5.96. The number of furan rings is 1. The highest BCUT2D eigenvalue weighted by Crippen LogP contribution is 2.18. The summed E-state index contributed by atoms with van der Waals surface area (Å²) < 4.78 is 37.3. The fourth-order valence-electron chi connectivity index (χ4n) is 2.65. The largest absolute Gasteiger partial charge is 0.490 e. The number of alkyl halides is 3. The Morgan fingerprint density at radius 3 is 2.62 bits per heavy atom. The number of aryl methyl sites for hydroxylation is 2. The molecule has 0 bridgehead atoms. The topological polar surface area (TPSA) is 95.3 Å². The molecule has 142 valence electrons. The van der Waals surface area contributed by atoms with Gasteiger partial charge in [-0.2, -0.15) is 13.2 Å². The summed E-state index contributed by atoms with van der Waals surface area (Å²) in [6, 6.07) is 7.99. The second kappa shape index (κ2) is 8.22. The minimum absolute atomic E-state index is 0.00350. The molecule has 1 atom stereocenters. The van der Waals surface area contributed by atoms with E-state index in [1.807, 2.05) is 25.1 Å². The van der Waals surface area contributed by atoms with Crippen molar-refractivity contribution < 1.29 is 27.5 Å². The molecule has 3 N–H and O–H groups in total. The Morgan fingerprint density at radius 2 is 2.04 bits per heavy atom. The highest BCUT2D eigenvalue weighted by molar-refractivity contribution is 5.73. The zero-order valence-electron chi connectivity index (χ0n) is 14.0. The van der Waals surface area contributed by atoms with E-state index in [4.69, 9.17) is 14.3 Å². The fourth-order valence-corrected chi connectivity index (χ4v) is 2.65. The summed E-state index contributed by atoms with van der Waals surface area (Å²) in [6.45, 7) is 2.72. The first-order chi connectivity index (χ1) is 12.1. The molecule has 1 aliphatic rings. The summed E-state index contributed by atoms with van der Waals surface area (Å²) in [4.78, 5) is 23.1. The smallest absolute Gasteiger partial charge is 0.475 e. The van der Waals surface area contributed by atoms with Crippen molar-refractivity contribution in [2.75, 3.05) is 0 Å². The number of hydrogen-bond donors (Lipinski definition) is 3. The van der Waals surface area contributed by atoms with Gasteiger partial charge in [-0.05, 0) is 43.9 Å². The van der Waals surface area contributed by atoms with Crippen molar-refractivity contribution in [3.8, 4) is 0 Å². The molecule has 0 aromatic carbocycles. The molecule has 26 heavy (non-hydrogen) atoms. The number of hydrogen-bond acceptors (Lipinski definition) is 4. The maximum Gasteiger partial charge on any atom is 0.490 e. The Hall–Kier alpha value is -2.55. The van der Waals surface area contributed by atoms with Crippen molar-refractivity contribution in [3.63, 3.8) is 0 Å². The van der Waals surface area contributed by atoms with Crippen molar-refractivity contribution in [3.05, 3.63) is 57.4 Å². The highest BCUT2D eigenvalue weighted by Gasteiger charge is 2.38. The fraction of sp³-hybridized carbons (Fsp3) is 0.412. The van der Waals surface area contributed by atoms with E-state index in [9.17, 15) is 18.0 Å². The molecule has 2 heterocycles. The van der Waals surface area contributed by atoms with Gasteiger partial charge in [0.1, 0.15) is 11.5 Å². The van der Waals surface area contributed by atoms with Crippen molar-refractivity contribution >= 4 is 5.97 Å². The lowest BCUT2D eigenvalue weighted by Crippen LogP contribution is -2.35. The van der Waals surface area contributed by atoms with Crippen LogP contribution >= 0.6 is 0 Å². The van der Waals surface area contributed by atoms with E-state index in [2.05, 4.69) is 10.3 Å². The van der Waals surface area contributed by atoms with Gasteiger partial charge in [-0.15, -0.1) is 0 Å². The van der Waals surface area contributed by atoms with E-state index in [1.165, 1.54) is 5.56 Å². The number of halogens is 3. The molecule has 0 aliphatic heterocycles. The summed E-state index contributed by atoms with van der Waals surface area (Å²) >= 11 is 0. The van der Waals surface area contributed by atoms with Gasteiger partial charge in [0.25, 0.3) is 0 Å². The van der Waals surface area contributed by atoms with E-state index >= 15 is 0 Å². The summed E-state index contributed by atoms with van der Waals surface area (Å²) in [5, 5.41) is 10.6. The number of aliphatic carboxylic acids is 1. The number of nitrogens with one attached hydrogen (secondary N) is 2. The number of carboxylic acids is 1. The van der Waals surface area contributed by atoms with Gasteiger partial charge in [-0.25, -0.2) is 4.79 Å². The molecule has 9 heteroatoms. The van der Waals surface area contributed by atoms with Crippen LogP contribution in [0.4, 0.5) is 13.2 Å². The monoisotopic (exact) mass is 372 g/mol. The number of aromatic nitrogens is 1. The van der Waals surface area contributed by atoms with Crippen molar-refractivity contribution in [2.24, 2.45) is 0 Å². The average molecular weight is 372 g/mol. The second-order valence-corrected chi connectivity index (χ2v) is 5.96. The zero-order chi connectivity index (χ0) is 19.3. The van der Waals surface area contributed by atoms with Crippen LogP contribution < -0.4 is 10.9 Å². The van der Waals surface area contributed by atoms with E-state index in [1.54, 1.807) is 6.07 Å². The van der Waals surface area contributed by atoms with Crippen LogP contribution in [-0.4, -0.2) is 28.3 Å². The van der Waals surface area contributed by atoms with Gasteiger partial charge >= 0.3 is 12.1 Å². The van der Waals surface area contributed by atoms with Gasteiger partial charge in [0.15, 0.2) is 0 Å². The van der Waals surface area contributed by atoms with Crippen molar-refractivity contribution in [1.29, 1.82) is 0 Å². The van der Waals surface area contributed by atoms with E-state index in [0.29, 0.717) is 6.04 Å². The summed E-state index contributed by atoms with van der Waals surface area (Å²) in [6.07, 6.45) is -2.14. The van der Waals surface area contributed by atoms with Crippen LogP contribution in [0.5, 0.6) is 0 Å². The molecular formula is C17H19F3N2O4. The number of carbonyl (C=O) groups is 1. The highest BCUT2D eigenvalue weighted by atomic mass is 19.4. The van der Waals surface area contributed by atoms with Crippen LogP contribution in [0.3, 0.4) is 0 Å². The molecule has 0 spiro atoms. The van der Waals surface area contributed by atoms with Crippen molar-refractivity contribution in [1.82, 2.24) is 10.3 Å². The van der Waals surface area contributed by atoms with E-state index in [-0.39, 0.29) is 5.56 Å². The first-order valence-electron chi connectivity index (χ1n) is 7.95. The van der Waals surface area contributed by atoms with Crippen LogP contribution in [0.2, 0.25) is 0 Å². The summed E-state index contributed by atoms with van der Waals surface area (Å²) in [5.74, 6) is -0.833. The molecule has 1 unspecified atom stereocenters. The van der Waals surface area contributed by atoms with Crippen LogP contribution in [0.15, 0.2) is 33.5 Å². The normalized spacial score (nSPS) is 16.4. The Balaban J connectivity index is 0.000000298. The molecule has 2 aromatic rings. The van der Waals surface area contributed by atoms with Gasteiger partial charge < -0.3 is 19.8 Å². The predicted octanol–water partition coefficient (Wildman–Crippen LogP) is 2.56. The minimum atomic E-state index is -5.08. The lowest BCUT2D eigenvalue weighted by atomic mass is 9.92. The number of fused-ring (bicyclic) bond motifs is 1. The molecular weight excluding hydrogens is 353 g/mol. The molecule has 0 fully saturated rings. The SMILES string of the molecule is Cc1ccc(CNC2CCc3[nH]c(=O)ccc3C2)o1.O=C(O)C(F)(F)F. The van der Waals surface area contributed by atoms with Gasteiger partial charge in [0.05, 0.1) is 6.54 Å². The lowest BCUT2D eigenvalue weighted by Gasteiger charge is -2.24. The number of pyridine rings is 1. The minimum Gasteiger partial charge on any atom is -0.475 e. The first-order valence-corrected chi connectivity index (χ1v) is 7.95. The number of aromatic amines is 1. The van der Waals surface area contributed by atoms with Gasteiger partial charge in [-0.3, -0.25) is 4.79 Å². The van der Waals surface area contributed by atoms with Crippen LogP contribution in [0, 0.1) is 6.92 Å². The zero-order valence-corrected chi connectivity index (χ0v) is 14.0. The van der Waals surface area contributed by atoms with Crippen molar-refractivity contribution in [2.45, 2.75) is 44.9 Å². The molecule has 6 nitrogen and oxygen atoms in total. The van der Waals surface area contributed by atoms with Gasteiger partial charge in [0, 0.05) is 17.8 Å². The molecule has 0 saturated carbocycles. The molecule has 1 aliphatic carbocycles. The summed E-state index contributed by atoms with van der Waals surface area (Å²) in [5.41, 5.74) is 2.34. The number of H-pyrrole nitrogens is 1. The van der Waals surface area contributed by atoms with E-state index < -0.39 is 12.1 Å². The van der Waals surface area contributed by atoms with Gasteiger partial charge in [0.2, 0.25) is 5.56 Å². The Kier molecular flexibility index (Phi) is 6.25. The third kappa shape index (κ3) is 5.76. The maximum absolute atomic E-state index is 11.3.